The third-order valence-electron chi connectivity index (χ3n) is 4.70. The molecule has 0 N–H and O–H groups in total. The summed E-state index contributed by atoms with van der Waals surface area (Å²) in [5.41, 5.74) is 2.83. The molecule has 0 aliphatic heterocycles. The number of rotatable bonds is 0. The van der Waals surface area contributed by atoms with E-state index in [9.17, 15) is 0 Å². The lowest BCUT2D eigenvalue weighted by atomic mass is 9.81. The second-order valence-corrected chi connectivity index (χ2v) is 4.90. The van der Waals surface area contributed by atoms with E-state index in [4.69, 9.17) is 0 Å². The first-order valence-electron chi connectivity index (χ1n) is 5.07. The van der Waals surface area contributed by atoms with Crippen molar-refractivity contribution in [3.8, 4) is 0 Å². The van der Waals surface area contributed by atoms with Crippen LogP contribution in [0, 0.1) is 16.7 Å². The van der Waals surface area contributed by atoms with E-state index in [1.807, 2.05) is 0 Å². The average molecular weight is 160 g/mol. The van der Waals surface area contributed by atoms with Gasteiger partial charge < -0.3 is 0 Å². The van der Waals surface area contributed by atoms with E-state index in [2.05, 4.69) is 32.1 Å². The lowest BCUT2D eigenvalue weighted by Gasteiger charge is -2.23. The van der Waals surface area contributed by atoms with E-state index in [1.165, 1.54) is 19.3 Å². The first-order valence-corrected chi connectivity index (χ1v) is 5.07. The van der Waals surface area contributed by atoms with Crippen LogP contribution in [0.25, 0.3) is 0 Å². The Hall–Kier alpha value is -0.520. The van der Waals surface area contributed by atoms with Gasteiger partial charge in [0.25, 0.3) is 0 Å². The molecule has 3 atom stereocenters. The van der Waals surface area contributed by atoms with Gasteiger partial charge in [-0.1, -0.05) is 30.7 Å². The summed E-state index contributed by atoms with van der Waals surface area (Å²) >= 11 is 0. The summed E-state index contributed by atoms with van der Waals surface area (Å²) < 4.78 is 0. The van der Waals surface area contributed by atoms with Crippen molar-refractivity contribution in [1.29, 1.82) is 0 Å². The quantitative estimate of drug-likeness (QED) is 0.477. The number of fused-ring (bicyclic) bond motifs is 1. The third kappa shape index (κ3) is 0.460. The molecular weight excluding hydrogens is 144 g/mol. The molecule has 1 fully saturated rings. The highest BCUT2D eigenvalue weighted by atomic mass is 14.8. The maximum atomic E-state index is 2.50. The van der Waals surface area contributed by atoms with Gasteiger partial charge in [-0.25, -0.2) is 0 Å². The van der Waals surface area contributed by atoms with Crippen LogP contribution in [0.5, 0.6) is 0 Å². The molecule has 3 rings (SSSR count). The molecule has 0 aromatic carbocycles. The molecule has 12 heavy (non-hydrogen) atoms. The van der Waals surface area contributed by atoms with Crippen LogP contribution in [0.1, 0.15) is 33.1 Å². The highest BCUT2D eigenvalue weighted by Crippen LogP contribution is 2.80. The lowest BCUT2D eigenvalue weighted by Crippen LogP contribution is -2.13. The van der Waals surface area contributed by atoms with E-state index in [0.717, 1.165) is 5.92 Å². The van der Waals surface area contributed by atoms with Crippen molar-refractivity contribution in [2.75, 3.05) is 0 Å². The van der Waals surface area contributed by atoms with Gasteiger partial charge in [-0.2, -0.15) is 0 Å². The largest absolute Gasteiger partial charge is 0.0876 e. The maximum Gasteiger partial charge on any atom is 0.0182 e. The van der Waals surface area contributed by atoms with Gasteiger partial charge in [0.05, 0.1) is 0 Å². The van der Waals surface area contributed by atoms with Gasteiger partial charge in [0.15, 0.2) is 0 Å². The zero-order chi connectivity index (χ0) is 8.40. The smallest absolute Gasteiger partial charge is 0.0182 e. The molecule has 0 heteroatoms. The van der Waals surface area contributed by atoms with Gasteiger partial charge in [-0.15, -0.1) is 0 Å². The molecule has 0 bridgehead atoms. The Kier molecular flexibility index (Phi) is 0.988. The first kappa shape index (κ1) is 6.94. The summed E-state index contributed by atoms with van der Waals surface area (Å²) in [5, 5.41) is 0. The summed E-state index contributed by atoms with van der Waals surface area (Å²) in [6, 6.07) is 0. The molecule has 1 saturated carbocycles. The van der Waals surface area contributed by atoms with Crippen molar-refractivity contribution in [2.45, 2.75) is 33.1 Å². The highest BCUT2D eigenvalue weighted by Gasteiger charge is 2.73. The summed E-state index contributed by atoms with van der Waals surface area (Å²) in [6.07, 6.45) is 11.4. The van der Waals surface area contributed by atoms with Crippen molar-refractivity contribution >= 4 is 0 Å². The van der Waals surface area contributed by atoms with Gasteiger partial charge in [0.2, 0.25) is 0 Å². The normalized spacial score (nSPS) is 54.5. The fourth-order valence-electron chi connectivity index (χ4n) is 3.92. The van der Waals surface area contributed by atoms with Crippen molar-refractivity contribution in [1.82, 2.24) is 0 Å². The summed E-state index contributed by atoms with van der Waals surface area (Å²) in [4.78, 5) is 0. The minimum atomic E-state index is 0.533. The topological polar surface area (TPSA) is 0 Å². The van der Waals surface area contributed by atoms with Crippen molar-refractivity contribution < 1.29 is 0 Å². The molecule has 1 spiro atoms. The molecule has 0 nitrogen and oxygen atoms in total. The molecule has 0 aromatic rings. The molecule has 3 aliphatic carbocycles. The van der Waals surface area contributed by atoms with E-state index in [0.29, 0.717) is 10.8 Å². The molecule has 64 valence electrons. The molecule has 0 saturated heterocycles. The maximum absolute atomic E-state index is 2.50. The molecule has 0 amide bonds. The SMILES string of the molecule is CC1=CC[C@@H]2[C@@]3(C)CCC=C[C@@]123. The van der Waals surface area contributed by atoms with Crippen LogP contribution < -0.4 is 0 Å². The second kappa shape index (κ2) is 1.71. The first-order chi connectivity index (χ1) is 5.72. The molecule has 0 heterocycles. The lowest BCUT2D eigenvalue weighted by molar-refractivity contribution is 0.404. The number of hydrogen-bond donors (Lipinski definition) is 0. The van der Waals surface area contributed by atoms with E-state index in [1.54, 1.807) is 5.57 Å². The van der Waals surface area contributed by atoms with E-state index >= 15 is 0 Å². The van der Waals surface area contributed by atoms with Crippen molar-refractivity contribution in [3.05, 3.63) is 23.8 Å². The minimum Gasteiger partial charge on any atom is -0.0876 e. The molecule has 0 radical (unpaired) electrons. The van der Waals surface area contributed by atoms with Crippen LogP contribution >= 0.6 is 0 Å². The molecular formula is C12H16. The summed E-state index contributed by atoms with van der Waals surface area (Å²) in [6.45, 7) is 4.80. The summed E-state index contributed by atoms with van der Waals surface area (Å²) in [5.74, 6) is 0.962. The van der Waals surface area contributed by atoms with Gasteiger partial charge in [-0.05, 0) is 37.5 Å². The Morgan fingerprint density at radius 3 is 3.08 bits per heavy atom. The second-order valence-electron chi connectivity index (χ2n) is 4.90. The summed E-state index contributed by atoms with van der Waals surface area (Å²) in [7, 11) is 0. The monoisotopic (exact) mass is 160 g/mol. The minimum absolute atomic E-state index is 0.533. The van der Waals surface area contributed by atoms with Gasteiger partial charge in [0, 0.05) is 5.41 Å². The van der Waals surface area contributed by atoms with Crippen LogP contribution in [-0.4, -0.2) is 0 Å². The van der Waals surface area contributed by atoms with E-state index < -0.39 is 0 Å². The number of hydrogen-bond acceptors (Lipinski definition) is 0. The predicted octanol–water partition coefficient (Wildman–Crippen LogP) is 3.31. The predicted molar refractivity (Wildman–Crippen MR) is 50.8 cm³/mol. The van der Waals surface area contributed by atoms with Crippen LogP contribution in [0.4, 0.5) is 0 Å². The van der Waals surface area contributed by atoms with E-state index in [-0.39, 0.29) is 0 Å². The van der Waals surface area contributed by atoms with Crippen LogP contribution in [0.3, 0.4) is 0 Å². The van der Waals surface area contributed by atoms with Crippen LogP contribution in [0.15, 0.2) is 23.8 Å². The van der Waals surface area contributed by atoms with Crippen LogP contribution in [-0.2, 0) is 0 Å². The molecule has 3 aliphatic rings. The fraction of sp³-hybridized carbons (Fsp3) is 0.667. The van der Waals surface area contributed by atoms with Gasteiger partial charge in [0.1, 0.15) is 0 Å². The van der Waals surface area contributed by atoms with Crippen molar-refractivity contribution in [3.63, 3.8) is 0 Å². The molecule has 0 unspecified atom stereocenters. The van der Waals surface area contributed by atoms with Crippen molar-refractivity contribution in [2.24, 2.45) is 16.7 Å². The Labute approximate surface area is 74.4 Å². The van der Waals surface area contributed by atoms with Gasteiger partial charge >= 0.3 is 0 Å². The Morgan fingerprint density at radius 1 is 1.50 bits per heavy atom. The Bertz CT molecular complexity index is 297. The zero-order valence-electron chi connectivity index (χ0n) is 7.93. The zero-order valence-corrected chi connectivity index (χ0v) is 7.93. The Morgan fingerprint density at radius 2 is 2.33 bits per heavy atom. The molecule has 0 aromatic heterocycles. The fourth-order valence-corrected chi connectivity index (χ4v) is 3.92. The third-order valence-corrected chi connectivity index (χ3v) is 4.70. The average Bonchev–Trinajstić information content (AvgIpc) is 2.44. The highest BCUT2D eigenvalue weighted by molar-refractivity contribution is 5.46. The Balaban J connectivity index is 2.14. The van der Waals surface area contributed by atoms with Gasteiger partial charge in [-0.3, -0.25) is 0 Å². The standard InChI is InChI=1S/C12H16/c1-9-5-6-10-11(2)7-3-4-8-12(9,10)11/h4-5,8,10H,3,6-7H2,1-2H3/t10-,11-,12-/m1/s1. The number of allylic oxidation sites excluding steroid dienone is 4. The van der Waals surface area contributed by atoms with Crippen LogP contribution in [0.2, 0.25) is 0 Å².